The lowest BCUT2D eigenvalue weighted by molar-refractivity contribution is -0.136. The lowest BCUT2D eigenvalue weighted by Gasteiger charge is -2.36. The maximum atomic E-state index is 15.0. The average Bonchev–Trinajstić information content (AvgIpc) is 3.67. The Hall–Kier alpha value is -3.34. The van der Waals surface area contributed by atoms with Gasteiger partial charge in [0.25, 0.3) is 0 Å². The van der Waals surface area contributed by atoms with Crippen molar-refractivity contribution >= 4 is 23.4 Å². The third-order valence-corrected chi connectivity index (χ3v) is 9.72. The highest BCUT2D eigenvalue weighted by Crippen LogP contribution is 2.40. The van der Waals surface area contributed by atoms with Gasteiger partial charge in [0.05, 0.1) is 18.3 Å². The van der Waals surface area contributed by atoms with Gasteiger partial charge in [0, 0.05) is 73.1 Å². The number of aromatic nitrogens is 2. The Kier molecular flexibility index (Phi) is 9.96. The Morgan fingerprint density at radius 3 is 2.44 bits per heavy atom. The first kappa shape index (κ1) is 33.0. The third-order valence-electron chi connectivity index (χ3n) is 9.48. The minimum atomic E-state index is -0.624. The van der Waals surface area contributed by atoms with Crippen LogP contribution in [0.15, 0.2) is 48.9 Å². The normalized spacial score (nSPS) is 21.2. The van der Waals surface area contributed by atoms with Crippen LogP contribution >= 0.6 is 11.6 Å². The Morgan fingerprint density at radius 1 is 1.11 bits per heavy atom. The van der Waals surface area contributed by atoms with E-state index in [1.807, 2.05) is 30.0 Å². The topological polar surface area (TPSA) is 107 Å². The maximum absolute atomic E-state index is 15.0. The van der Waals surface area contributed by atoms with Crippen LogP contribution in [0.4, 0.5) is 8.78 Å². The summed E-state index contributed by atoms with van der Waals surface area (Å²) in [6.07, 6.45) is 5.13. The van der Waals surface area contributed by atoms with Gasteiger partial charge in [0.2, 0.25) is 11.8 Å². The van der Waals surface area contributed by atoms with Gasteiger partial charge in [-0.05, 0) is 81.3 Å². The summed E-state index contributed by atoms with van der Waals surface area (Å²) in [5.74, 6) is -2.26. The number of H-pyrrole nitrogens is 1. The van der Waals surface area contributed by atoms with E-state index in [-0.39, 0.29) is 29.3 Å². The van der Waals surface area contributed by atoms with E-state index in [0.29, 0.717) is 43.2 Å². The van der Waals surface area contributed by atoms with Gasteiger partial charge in [-0.15, -0.1) is 0 Å². The summed E-state index contributed by atoms with van der Waals surface area (Å²) in [6.45, 7) is 10.5. The van der Waals surface area contributed by atoms with Crippen molar-refractivity contribution in [2.24, 2.45) is 11.7 Å². The van der Waals surface area contributed by atoms with E-state index in [1.54, 1.807) is 12.5 Å². The van der Waals surface area contributed by atoms with Crippen LogP contribution in [0.5, 0.6) is 0 Å². The SMILES string of the molecule is C[C@H](N[C@@H](Cc1cnc[nH]1)C(N)=O)c1cc(Cl)ccc1C1CCN(C(=O)[C@@H]2CN(C(C)(C)C)C[C@H]2c2ccc(F)cc2F)CC1. The molecular weight excluding hydrogens is 598 g/mol. The quantitative estimate of drug-likeness (QED) is 0.294. The molecule has 2 aliphatic heterocycles. The second kappa shape index (κ2) is 13.6. The summed E-state index contributed by atoms with van der Waals surface area (Å²) in [6, 6.07) is 8.69. The van der Waals surface area contributed by atoms with Crippen molar-refractivity contribution in [3.8, 4) is 0 Å². The van der Waals surface area contributed by atoms with E-state index in [0.717, 1.165) is 35.7 Å². The summed E-state index contributed by atoms with van der Waals surface area (Å²) in [4.78, 5) is 37.5. The molecule has 2 saturated heterocycles. The number of halogens is 3. The van der Waals surface area contributed by atoms with Crippen LogP contribution < -0.4 is 11.1 Å². The van der Waals surface area contributed by atoms with E-state index in [4.69, 9.17) is 17.3 Å². The highest BCUT2D eigenvalue weighted by atomic mass is 35.5. The number of amides is 2. The minimum Gasteiger partial charge on any atom is -0.368 e. The van der Waals surface area contributed by atoms with Crippen LogP contribution in [0.2, 0.25) is 5.02 Å². The number of likely N-dealkylation sites (tertiary alicyclic amines) is 2. The van der Waals surface area contributed by atoms with Gasteiger partial charge in [0.15, 0.2) is 0 Å². The lowest BCUT2D eigenvalue weighted by atomic mass is 9.83. The minimum absolute atomic E-state index is 0.0170. The molecule has 4 atom stereocenters. The first-order chi connectivity index (χ1) is 21.3. The van der Waals surface area contributed by atoms with Crippen molar-refractivity contribution in [1.82, 2.24) is 25.1 Å². The maximum Gasteiger partial charge on any atom is 0.234 e. The van der Waals surface area contributed by atoms with Crippen LogP contribution in [-0.4, -0.2) is 69.3 Å². The van der Waals surface area contributed by atoms with Gasteiger partial charge in [-0.1, -0.05) is 23.7 Å². The molecule has 0 aliphatic carbocycles. The highest BCUT2D eigenvalue weighted by molar-refractivity contribution is 6.30. The number of hydrogen-bond donors (Lipinski definition) is 3. The Labute approximate surface area is 268 Å². The molecule has 1 aromatic heterocycles. The second-order valence-electron chi connectivity index (χ2n) is 13.5. The van der Waals surface area contributed by atoms with Crippen LogP contribution in [-0.2, 0) is 16.0 Å². The van der Waals surface area contributed by atoms with E-state index in [2.05, 4.69) is 41.0 Å². The highest BCUT2D eigenvalue weighted by Gasteiger charge is 2.45. The molecule has 2 fully saturated rings. The molecule has 2 amide bonds. The summed E-state index contributed by atoms with van der Waals surface area (Å²) in [5, 5.41) is 3.98. The molecular formula is C34H43ClF2N6O2. The smallest absolute Gasteiger partial charge is 0.234 e. The van der Waals surface area contributed by atoms with Gasteiger partial charge in [-0.2, -0.15) is 0 Å². The Morgan fingerprint density at radius 2 is 1.82 bits per heavy atom. The molecule has 11 heteroatoms. The van der Waals surface area contributed by atoms with E-state index in [9.17, 15) is 18.4 Å². The van der Waals surface area contributed by atoms with Crippen molar-refractivity contribution in [3.05, 3.63) is 88.0 Å². The zero-order valence-corrected chi connectivity index (χ0v) is 27.1. The number of aromatic amines is 1. The van der Waals surface area contributed by atoms with Crippen molar-refractivity contribution in [1.29, 1.82) is 0 Å². The number of primary amides is 1. The summed E-state index contributed by atoms with van der Waals surface area (Å²) < 4.78 is 28.7. The predicted molar refractivity (Wildman–Crippen MR) is 171 cm³/mol. The number of carbonyl (C=O) groups is 2. The predicted octanol–water partition coefficient (Wildman–Crippen LogP) is 5.31. The third kappa shape index (κ3) is 7.56. The number of benzene rings is 2. The molecule has 3 aromatic rings. The van der Waals surface area contributed by atoms with E-state index >= 15 is 0 Å². The number of nitrogens with two attached hydrogens (primary N) is 1. The largest absolute Gasteiger partial charge is 0.368 e. The first-order valence-electron chi connectivity index (χ1n) is 15.6. The number of piperidine rings is 1. The Balaban J connectivity index is 1.30. The van der Waals surface area contributed by atoms with Crippen molar-refractivity contribution in [2.45, 2.75) is 76.4 Å². The molecule has 8 nitrogen and oxygen atoms in total. The molecule has 0 unspecified atom stereocenters. The molecule has 242 valence electrons. The van der Waals surface area contributed by atoms with Crippen molar-refractivity contribution < 1.29 is 18.4 Å². The van der Waals surface area contributed by atoms with Crippen molar-refractivity contribution in [2.75, 3.05) is 26.2 Å². The van der Waals surface area contributed by atoms with Gasteiger partial charge in [0.1, 0.15) is 11.6 Å². The number of nitrogens with zero attached hydrogens (tertiary/aromatic N) is 3. The molecule has 45 heavy (non-hydrogen) atoms. The number of rotatable bonds is 9. The fourth-order valence-corrected chi connectivity index (χ4v) is 7.09. The van der Waals surface area contributed by atoms with E-state index in [1.165, 1.54) is 12.1 Å². The van der Waals surface area contributed by atoms with Gasteiger partial charge in [-0.25, -0.2) is 13.8 Å². The second-order valence-corrected chi connectivity index (χ2v) is 13.9. The van der Waals surface area contributed by atoms with Gasteiger partial charge >= 0.3 is 0 Å². The van der Waals surface area contributed by atoms with Crippen molar-refractivity contribution in [3.63, 3.8) is 0 Å². The molecule has 2 aliphatic rings. The number of carbonyl (C=O) groups excluding carboxylic acids is 2. The number of nitrogens with one attached hydrogen (secondary N) is 2. The average molecular weight is 641 g/mol. The summed E-state index contributed by atoms with van der Waals surface area (Å²) in [7, 11) is 0. The molecule has 0 radical (unpaired) electrons. The number of hydrogen-bond acceptors (Lipinski definition) is 5. The van der Waals surface area contributed by atoms with Crippen LogP contribution in [0, 0.1) is 17.6 Å². The standard InChI is InChI=1S/C34H43ClF2N6O2/c1-20(41-31(32(38)44)15-24-16-39-19-40-24)27-13-22(35)5-7-25(27)21-9-11-42(12-10-21)33(45)29-18-43(34(2,3)4)17-28(29)26-8-6-23(36)14-30(26)37/h5-8,13-14,16,19-21,28-29,31,41H,9-12,15,17-18H2,1-4H3,(H2,38,44)(H,39,40)/t20-,28-,29+,31-/m0/s1. The number of imidazole rings is 1. The Bertz CT molecular complexity index is 1500. The van der Waals surface area contributed by atoms with Crippen LogP contribution in [0.3, 0.4) is 0 Å². The van der Waals surface area contributed by atoms with Gasteiger partial charge in [-0.3, -0.25) is 19.8 Å². The van der Waals surface area contributed by atoms with E-state index < -0.39 is 29.5 Å². The molecule has 5 rings (SSSR count). The summed E-state index contributed by atoms with van der Waals surface area (Å²) >= 11 is 6.44. The zero-order valence-electron chi connectivity index (χ0n) is 26.3. The molecule has 3 heterocycles. The fraction of sp³-hybridized carbons (Fsp3) is 0.500. The zero-order chi connectivity index (χ0) is 32.5. The molecule has 0 bridgehead atoms. The molecule has 0 spiro atoms. The summed E-state index contributed by atoms with van der Waals surface area (Å²) in [5.41, 5.74) is 8.86. The lowest BCUT2D eigenvalue weighted by Crippen LogP contribution is -2.45. The van der Waals surface area contributed by atoms with Crippen LogP contribution in [0.1, 0.15) is 80.8 Å². The van der Waals surface area contributed by atoms with Crippen LogP contribution in [0.25, 0.3) is 0 Å². The van der Waals surface area contributed by atoms with Gasteiger partial charge < -0.3 is 15.6 Å². The first-order valence-corrected chi connectivity index (χ1v) is 16.0. The molecule has 2 aromatic carbocycles. The monoisotopic (exact) mass is 640 g/mol. The fourth-order valence-electron chi connectivity index (χ4n) is 6.91. The molecule has 0 saturated carbocycles. The molecule has 4 N–H and O–H groups in total.